The molecule has 0 saturated heterocycles. The Balaban J connectivity index is 0.00000264. The molecule has 2 rings (SSSR count). The zero-order chi connectivity index (χ0) is 16.3. The lowest BCUT2D eigenvalue weighted by Gasteiger charge is -2.25. The van der Waals surface area contributed by atoms with Crippen LogP contribution in [-0.4, -0.2) is 10.9 Å². The summed E-state index contributed by atoms with van der Waals surface area (Å²) >= 11 is 1.62. The van der Waals surface area contributed by atoms with E-state index in [1.165, 1.54) is 4.88 Å². The van der Waals surface area contributed by atoms with E-state index in [9.17, 15) is 4.79 Å². The summed E-state index contributed by atoms with van der Waals surface area (Å²) < 4.78 is 0. The van der Waals surface area contributed by atoms with Crippen LogP contribution in [0.4, 0.5) is 0 Å². The first-order valence-electron chi connectivity index (χ1n) is 7.35. The van der Waals surface area contributed by atoms with Crippen LogP contribution in [0, 0.1) is 13.8 Å². The summed E-state index contributed by atoms with van der Waals surface area (Å²) in [6.45, 7) is 7.96. The van der Waals surface area contributed by atoms with Gasteiger partial charge in [-0.2, -0.15) is 0 Å². The molecule has 1 aromatic heterocycles. The number of halogens is 2. The van der Waals surface area contributed by atoms with E-state index >= 15 is 0 Å². The maximum Gasteiger partial charge on any atom is 0.222 e. The van der Waals surface area contributed by atoms with Gasteiger partial charge in [-0.25, -0.2) is 4.98 Å². The third-order valence-electron chi connectivity index (χ3n) is 3.65. The lowest BCUT2D eigenvalue weighted by molar-refractivity contribution is -0.123. The fraction of sp³-hybridized carbons (Fsp3) is 0.412. The molecule has 0 bridgehead atoms. The predicted molar refractivity (Wildman–Crippen MR) is 105 cm³/mol. The molecule has 1 atom stereocenters. The Kier molecular flexibility index (Phi) is 8.93. The number of hydrogen-bond donors (Lipinski definition) is 2. The second kappa shape index (κ2) is 9.37. The molecule has 0 aliphatic rings. The van der Waals surface area contributed by atoms with E-state index < -0.39 is 5.54 Å². The van der Waals surface area contributed by atoms with Crippen LogP contribution in [0.2, 0.25) is 0 Å². The number of aryl methyl sites for hydroxylation is 2. The Labute approximate surface area is 160 Å². The molecule has 7 heteroatoms. The van der Waals surface area contributed by atoms with Gasteiger partial charge in [-0.1, -0.05) is 30.3 Å². The van der Waals surface area contributed by atoms with Crippen molar-refractivity contribution in [3.8, 4) is 0 Å². The van der Waals surface area contributed by atoms with Crippen LogP contribution in [0.5, 0.6) is 0 Å². The molecule has 24 heavy (non-hydrogen) atoms. The summed E-state index contributed by atoms with van der Waals surface area (Å²) in [6, 6.07) is 9.38. The van der Waals surface area contributed by atoms with E-state index in [2.05, 4.69) is 10.3 Å². The standard InChI is InChI=1S/C17H23N3OS.2ClH/c1-11-12(2)22-16(19-11)17(3,4)20-15(21)10-14(18)13-8-6-5-7-9-13;;/h5-9,14H,10,18H2,1-4H3,(H,20,21);2*1H. The lowest BCUT2D eigenvalue weighted by atomic mass is 10.0. The Hall–Kier alpha value is -1.14. The second-order valence-electron chi connectivity index (χ2n) is 6.06. The van der Waals surface area contributed by atoms with Gasteiger partial charge in [-0.15, -0.1) is 36.2 Å². The normalized spacial score (nSPS) is 11.9. The maximum atomic E-state index is 12.3. The Morgan fingerprint density at radius 3 is 2.33 bits per heavy atom. The minimum atomic E-state index is -0.489. The van der Waals surface area contributed by atoms with Crippen LogP contribution >= 0.6 is 36.2 Å². The van der Waals surface area contributed by atoms with Crippen LogP contribution in [0.3, 0.4) is 0 Å². The van der Waals surface area contributed by atoms with Crippen molar-refractivity contribution in [1.82, 2.24) is 10.3 Å². The van der Waals surface area contributed by atoms with Crippen LogP contribution in [0.25, 0.3) is 0 Å². The van der Waals surface area contributed by atoms with Crippen molar-refractivity contribution >= 4 is 42.1 Å². The van der Waals surface area contributed by atoms with E-state index in [0.29, 0.717) is 0 Å². The first-order chi connectivity index (χ1) is 10.3. The first kappa shape index (κ1) is 22.9. The van der Waals surface area contributed by atoms with Gasteiger partial charge in [0.2, 0.25) is 5.91 Å². The van der Waals surface area contributed by atoms with Gasteiger partial charge in [0.1, 0.15) is 5.01 Å². The van der Waals surface area contributed by atoms with Crippen molar-refractivity contribution in [1.29, 1.82) is 0 Å². The Morgan fingerprint density at radius 1 is 1.25 bits per heavy atom. The monoisotopic (exact) mass is 389 g/mol. The number of benzene rings is 1. The van der Waals surface area contributed by atoms with Crippen LogP contribution < -0.4 is 11.1 Å². The van der Waals surface area contributed by atoms with Gasteiger partial charge in [0.15, 0.2) is 0 Å². The van der Waals surface area contributed by atoms with Gasteiger partial charge in [-0.3, -0.25) is 4.79 Å². The van der Waals surface area contributed by atoms with Crippen molar-refractivity contribution in [3.63, 3.8) is 0 Å². The lowest BCUT2D eigenvalue weighted by Crippen LogP contribution is -2.42. The smallest absolute Gasteiger partial charge is 0.222 e. The number of amides is 1. The SMILES string of the molecule is Cc1nc(C(C)(C)NC(=O)CC(N)c2ccccc2)sc1C.Cl.Cl. The number of aromatic nitrogens is 1. The fourth-order valence-corrected chi connectivity index (χ4v) is 3.18. The highest BCUT2D eigenvalue weighted by Crippen LogP contribution is 2.27. The quantitative estimate of drug-likeness (QED) is 0.810. The fourth-order valence-electron chi connectivity index (χ4n) is 2.21. The summed E-state index contributed by atoms with van der Waals surface area (Å²) in [6.07, 6.45) is 0.261. The molecular weight excluding hydrogens is 365 g/mol. The molecule has 0 aliphatic heterocycles. The molecule has 3 N–H and O–H groups in total. The summed E-state index contributed by atoms with van der Waals surface area (Å²) in [5, 5.41) is 3.96. The van der Waals surface area contributed by atoms with E-state index in [1.54, 1.807) is 11.3 Å². The molecule has 134 valence electrons. The van der Waals surface area contributed by atoms with E-state index in [4.69, 9.17) is 5.73 Å². The molecule has 2 aromatic rings. The van der Waals surface area contributed by atoms with Crippen LogP contribution in [0.15, 0.2) is 30.3 Å². The summed E-state index contributed by atoms with van der Waals surface area (Å²) in [5.74, 6) is -0.0631. The van der Waals surface area contributed by atoms with Gasteiger partial charge < -0.3 is 11.1 Å². The third kappa shape index (κ3) is 5.74. The van der Waals surface area contributed by atoms with E-state index in [0.717, 1.165) is 16.3 Å². The van der Waals surface area contributed by atoms with Crippen LogP contribution in [0.1, 0.15) is 47.5 Å². The zero-order valence-electron chi connectivity index (χ0n) is 14.3. The minimum Gasteiger partial charge on any atom is -0.345 e. The average Bonchev–Trinajstić information content (AvgIpc) is 2.80. The topological polar surface area (TPSA) is 68.0 Å². The highest BCUT2D eigenvalue weighted by molar-refractivity contribution is 7.11. The number of rotatable bonds is 5. The largest absolute Gasteiger partial charge is 0.345 e. The molecule has 0 saturated carbocycles. The molecule has 0 fully saturated rings. The molecule has 1 unspecified atom stereocenters. The number of carbonyl (C=O) groups is 1. The number of thiazole rings is 1. The maximum absolute atomic E-state index is 12.3. The van der Waals surface area contributed by atoms with Gasteiger partial charge in [0.05, 0.1) is 11.2 Å². The van der Waals surface area contributed by atoms with Crippen molar-refractivity contribution in [2.75, 3.05) is 0 Å². The summed E-state index contributed by atoms with van der Waals surface area (Å²) in [5.41, 5.74) is 7.60. The second-order valence-corrected chi connectivity index (χ2v) is 7.26. The van der Waals surface area contributed by atoms with Crippen molar-refractivity contribution < 1.29 is 4.79 Å². The molecule has 0 aliphatic carbocycles. The Morgan fingerprint density at radius 2 is 1.83 bits per heavy atom. The minimum absolute atomic E-state index is 0. The predicted octanol–water partition coefficient (Wildman–Crippen LogP) is 4.04. The number of nitrogens with zero attached hydrogens (tertiary/aromatic N) is 1. The number of nitrogens with one attached hydrogen (secondary N) is 1. The molecule has 4 nitrogen and oxygen atoms in total. The highest BCUT2D eigenvalue weighted by Gasteiger charge is 2.27. The number of carbonyl (C=O) groups excluding carboxylic acids is 1. The molecule has 0 spiro atoms. The molecule has 1 heterocycles. The third-order valence-corrected chi connectivity index (χ3v) is 5.04. The highest BCUT2D eigenvalue weighted by atomic mass is 35.5. The number of nitrogens with two attached hydrogens (primary N) is 1. The molecular formula is C17H25Cl2N3OS. The average molecular weight is 390 g/mol. The molecule has 0 radical (unpaired) electrons. The van der Waals surface area contributed by atoms with Crippen molar-refractivity contribution in [2.45, 2.75) is 45.7 Å². The summed E-state index contributed by atoms with van der Waals surface area (Å²) in [4.78, 5) is 18.0. The summed E-state index contributed by atoms with van der Waals surface area (Å²) in [7, 11) is 0. The zero-order valence-corrected chi connectivity index (χ0v) is 16.8. The van der Waals surface area contributed by atoms with Gasteiger partial charge in [0.25, 0.3) is 0 Å². The number of hydrogen-bond acceptors (Lipinski definition) is 4. The van der Waals surface area contributed by atoms with Crippen LogP contribution in [-0.2, 0) is 10.3 Å². The van der Waals surface area contributed by atoms with E-state index in [-0.39, 0.29) is 43.2 Å². The van der Waals surface area contributed by atoms with Gasteiger partial charge in [0, 0.05) is 17.3 Å². The molecule has 1 amide bonds. The first-order valence-corrected chi connectivity index (χ1v) is 8.17. The molecule has 1 aromatic carbocycles. The Bertz CT molecular complexity index is 640. The van der Waals surface area contributed by atoms with E-state index in [1.807, 2.05) is 58.0 Å². The van der Waals surface area contributed by atoms with Crippen molar-refractivity contribution in [3.05, 3.63) is 51.5 Å². The van der Waals surface area contributed by atoms with Crippen molar-refractivity contribution in [2.24, 2.45) is 5.73 Å². The van der Waals surface area contributed by atoms with Gasteiger partial charge >= 0.3 is 0 Å². The van der Waals surface area contributed by atoms with Gasteiger partial charge in [-0.05, 0) is 33.3 Å².